The molecular weight excluding hydrogens is 230 g/mol. The normalized spacial score (nSPS) is 13.2. The van der Waals surface area contributed by atoms with E-state index in [0.717, 1.165) is 11.8 Å². The average Bonchev–Trinajstić information content (AvgIpc) is 2.43. The van der Waals surface area contributed by atoms with Crippen molar-refractivity contribution in [3.05, 3.63) is 23.8 Å². The van der Waals surface area contributed by atoms with Crippen LogP contribution in [0.25, 0.3) is 0 Å². The third-order valence-corrected chi connectivity index (χ3v) is 3.03. The average molecular weight is 247 g/mol. The number of benzene rings is 1. The third-order valence-electron chi connectivity index (χ3n) is 3.03. The molecular formula is C14H17NO3. The van der Waals surface area contributed by atoms with Gasteiger partial charge in [0.05, 0.1) is 25.7 Å². The molecule has 0 heterocycles. The van der Waals surface area contributed by atoms with E-state index in [4.69, 9.17) is 9.47 Å². The van der Waals surface area contributed by atoms with Crippen molar-refractivity contribution in [2.75, 3.05) is 14.2 Å². The maximum Gasteiger partial charge on any atom is 0.161 e. The van der Waals surface area contributed by atoms with Crippen LogP contribution in [0.5, 0.6) is 11.5 Å². The van der Waals surface area contributed by atoms with Crippen molar-refractivity contribution in [1.29, 1.82) is 5.26 Å². The van der Waals surface area contributed by atoms with Crippen molar-refractivity contribution in [2.24, 2.45) is 0 Å². The standard InChI is InChI=1S/C14H17NO3/c1-14(10-15,7-4-8-16)11-5-6-12(17-2)13(9-11)18-3/h5-6,8-9H,4,7H2,1-3H3. The molecule has 0 aliphatic rings. The monoisotopic (exact) mass is 247 g/mol. The highest BCUT2D eigenvalue weighted by Gasteiger charge is 2.27. The smallest absolute Gasteiger partial charge is 0.161 e. The molecule has 96 valence electrons. The maximum atomic E-state index is 10.5. The zero-order valence-corrected chi connectivity index (χ0v) is 10.9. The van der Waals surface area contributed by atoms with Crippen LogP contribution in [0.15, 0.2) is 18.2 Å². The highest BCUT2D eigenvalue weighted by atomic mass is 16.5. The van der Waals surface area contributed by atoms with Gasteiger partial charge in [0.2, 0.25) is 0 Å². The van der Waals surface area contributed by atoms with Crippen LogP contribution in [0, 0.1) is 11.3 Å². The number of aldehydes is 1. The highest BCUT2D eigenvalue weighted by Crippen LogP contribution is 2.35. The summed E-state index contributed by atoms with van der Waals surface area (Å²) in [6, 6.07) is 7.64. The fourth-order valence-corrected chi connectivity index (χ4v) is 1.79. The lowest BCUT2D eigenvalue weighted by Gasteiger charge is -2.22. The first-order chi connectivity index (χ1) is 8.61. The Hall–Kier alpha value is -2.02. The Kier molecular flexibility index (Phi) is 4.73. The molecule has 0 N–H and O–H groups in total. The Bertz CT molecular complexity index is 465. The molecule has 0 bridgehead atoms. The van der Waals surface area contributed by atoms with Gasteiger partial charge in [0.25, 0.3) is 0 Å². The van der Waals surface area contributed by atoms with Crippen LogP contribution >= 0.6 is 0 Å². The van der Waals surface area contributed by atoms with Gasteiger partial charge in [0, 0.05) is 6.42 Å². The predicted octanol–water partition coefficient (Wildman–Crippen LogP) is 2.46. The van der Waals surface area contributed by atoms with Gasteiger partial charge in [-0.25, -0.2) is 0 Å². The molecule has 1 rings (SSSR count). The Morgan fingerprint density at radius 2 is 2.00 bits per heavy atom. The van der Waals surface area contributed by atoms with Crippen molar-refractivity contribution in [1.82, 2.24) is 0 Å². The summed E-state index contributed by atoms with van der Waals surface area (Å²) in [5.74, 6) is 1.21. The molecule has 0 fully saturated rings. The third kappa shape index (κ3) is 2.80. The molecule has 1 aromatic rings. The van der Waals surface area contributed by atoms with Crippen molar-refractivity contribution in [3.8, 4) is 17.6 Å². The second-order valence-corrected chi connectivity index (χ2v) is 4.22. The minimum absolute atomic E-state index is 0.360. The van der Waals surface area contributed by atoms with Gasteiger partial charge in [-0.1, -0.05) is 6.07 Å². The van der Waals surface area contributed by atoms with Crippen LogP contribution in [0.2, 0.25) is 0 Å². The molecule has 1 unspecified atom stereocenters. The van der Waals surface area contributed by atoms with Crippen molar-refractivity contribution < 1.29 is 14.3 Å². The van der Waals surface area contributed by atoms with Crippen LogP contribution < -0.4 is 9.47 Å². The lowest BCUT2D eigenvalue weighted by atomic mass is 9.80. The minimum atomic E-state index is -0.694. The van der Waals surface area contributed by atoms with E-state index in [1.807, 2.05) is 13.0 Å². The fraction of sp³-hybridized carbons (Fsp3) is 0.429. The summed E-state index contributed by atoms with van der Waals surface area (Å²) in [6.07, 6.45) is 1.68. The summed E-state index contributed by atoms with van der Waals surface area (Å²) in [5, 5.41) is 9.32. The zero-order chi connectivity index (χ0) is 13.6. The zero-order valence-electron chi connectivity index (χ0n) is 10.9. The van der Waals surface area contributed by atoms with Gasteiger partial charge in [0.15, 0.2) is 11.5 Å². The Morgan fingerprint density at radius 1 is 1.33 bits per heavy atom. The number of hydrogen-bond acceptors (Lipinski definition) is 4. The van der Waals surface area contributed by atoms with E-state index in [1.165, 1.54) is 0 Å². The number of methoxy groups -OCH3 is 2. The lowest BCUT2D eigenvalue weighted by Crippen LogP contribution is -2.19. The summed E-state index contributed by atoms with van der Waals surface area (Å²) >= 11 is 0. The van der Waals surface area contributed by atoms with Crippen LogP contribution in [-0.4, -0.2) is 20.5 Å². The van der Waals surface area contributed by atoms with Crippen LogP contribution in [0.3, 0.4) is 0 Å². The second kappa shape index (κ2) is 6.06. The Labute approximate surface area is 107 Å². The van der Waals surface area contributed by atoms with E-state index in [2.05, 4.69) is 6.07 Å². The van der Waals surface area contributed by atoms with Gasteiger partial charge in [-0.2, -0.15) is 5.26 Å². The van der Waals surface area contributed by atoms with E-state index in [9.17, 15) is 10.1 Å². The minimum Gasteiger partial charge on any atom is -0.493 e. The number of nitrogens with zero attached hydrogens (tertiary/aromatic N) is 1. The fourth-order valence-electron chi connectivity index (χ4n) is 1.79. The van der Waals surface area contributed by atoms with Crippen molar-refractivity contribution in [2.45, 2.75) is 25.2 Å². The van der Waals surface area contributed by atoms with E-state index < -0.39 is 5.41 Å². The van der Waals surface area contributed by atoms with Gasteiger partial charge in [-0.3, -0.25) is 0 Å². The molecule has 0 aliphatic carbocycles. The first kappa shape index (κ1) is 14.0. The predicted molar refractivity (Wildman–Crippen MR) is 67.8 cm³/mol. The van der Waals surface area contributed by atoms with Crippen molar-refractivity contribution >= 4 is 6.29 Å². The summed E-state index contributed by atoms with van der Waals surface area (Å²) in [5.41, 5.74) is 0.130. The van der Waals surface area contributed by atoms with Crippen LogP contribution in [-0.2, 0) is 10.2 Å². The van der Waals surface area contributed by atoms with Crippen LogP contribution in [0.4, 0.5) is 0 Å². The number of rotatable bonds is 6. The van der Waals surface area contributed by atoms with Gasteiger partial charge < -0.3 is 14.3 Å². The SMILES string of the molecule is COc1ccc(C(C)(C#N)CCC=O)cc1OC. The number of carbonyl (C=O) groups excluding carboxylic acids is 1. The summed E-state index contributed by atoms with van der Waals surface area (Å²) in [4.78, 5) is 10.5. The molecule has 0 amide bonds. The van der Waals surface area contributed by atoms with Gasteiger partial charge in [-0.15, -0.1) is 0 Å². The van der Waals surface area contributed by atoms with E-state index in [-0.39, 0.29) is 0 Å². The summed E-state index contributed by atoms with van der Waals surface area (Å²) < 4.78 is 10.4. The Balaban J connectivity index is 3.15. The quantitative estimate of drug-likeness (QED) is 0.724. The molecule has 18 heavy (non-hydrogen) atoms. The Morgan fingerprint density at radius 3 is 2.50 bits per heavy atom. The first-order valence-corrected chi connectivity index (χ1v) is 5.68. The molecule has 0 saturated heterocycles. The number of carbonyl (C=O) groups is 1. The molecule has 4 heteroatoms. The molecule has 0 aliphatic heterocycles. The van der Waals surface area contributed by atoms with E-state index in [1.54, 1.807) is 26.4 Å². The second-order valence-electron chi connectivity index (χ2n) is 4.22. The van der Waals surface area contributed by atoms with Gasteiger partial charge >= 0.3 is 0 Å². The molecule has 0 spiro atoms. The molecule has 0 radical (unpaired) electrons. The molecule has 1 atom stereocenters. The number of nitriles is 1. The summed E-state index contributed by atoms with van der Waals surface area (Å²) in [7, 11) is 3.12. The van der Waals surface area contributed by atoms with Gasteiger partial charge in [-0.05, 0) is 31.0 Å². The first-order valence-electron chi connectivity index (χ1n) is 5.68. The molecule has 0 saturated carbocycles. The van der Waals surface area contributed by atoms with E-state index >= 15 is 0 Å². The van der Waals surface area contributed by atoms with Crippen LogP contribution in [0.1, 0.15) is 25.3 Å². The highest BCUT2D eigenvalue weighted by molar-refractivity contribution is 5.51. The van der Waals surface area contributed by atoms with E-state index in [0.29, 0.717) is 24.3 Å². The number of hydrogen-bond donors (Lipinski definition) is 0. The maximum absolute atomic E-state index is 10.5. The lowest BCUT2D eigenvalue weighted by molar-refractivity contribution is -0.108. The molecule has 1 aromatic carbocycles. The number of ether oxygens (including phenoxy) is 2. The molecule has 0 aromatic heterocycles. The van der Waals surface area contributed by atoms with Gasteiger partial charge in [0.1, 0.15) is 6.29 Å². The largest absolute Gasteiger partial charge is 0.493 e. The summed E-state index contributed by atoms with van der Waals surface area (Å²) in [6.45, 7) is 1.82. The van der Waals surface area contributed by atoms with Crippen molar-refractivity contribution in [3.63, 3.8) is 0 Å². The topological polar surface area (TPSA) is 59.3 Å². The molecule has 4 nitrogen and oxygen atoms in total.